The lowest BCUT2D eigenvalue weighted by Gasteiger charge is -2.31. The zero-order chi connectivity index (χ0) is 21.6. The van der Waals surface area contributed by atoms with Crippen LogP contribution in [-0.4, -0.2) is 59.0 Å². The minimum absolute atomic E-state index is 0.0916. The van der Waals surface area contributed by atoms with E-state index in [0.29, 0.717) is 38.2 Å². The predicted octanol–water partition coefficient (Wildman–Crippen LogP) is 2.35. The monoisotopic (exact) mass is 431 g/mol. The first-order chi connectivity index (χ1) is 14.4. The molecule has 30 heavy (non-hydrogen) atoms. The van der Waals surface area contributed by atoms with Crippen molar-refractivity contribution in [3.63, 3.8) is 0 Å². The topological polar surface area (TPSA) is 79.0 Å². The summed E-state index contributed by atoms with van der Waals surface area (Å²) in [5.41, 5.74) is 1.08. The molecule has 2 aromatic rings. The third kappa shape index (κ3) is 5.31. The van der Waals surface area contributed by atoms with Crippen molar-refractivity contribution in [3.05, 3.63) is 54.6 Å². The summed E-state index contributed by atoms with van der Waals surface area (Å²) in [4.78, 5) is 14.9. The Hall–Kier alpha value is -2.58. The number of rotatable bonds is 8. The van der Waals surface area contributed by atoms with Crippen LogP contribution in [0.25, 0.3) is 0 Å². The molecule has 0 spiro atoms. The van der Waals surface area contributed by atoms with Crippen molar-refractivity contribution < 1.29 is 17.9 Å². The molecule has 162 valence electrons. The normalized spacial score (nSPS) is 17.3. The van der Waals surface area contributed by atoms with Crippen molar-refractivity contribution in [1.29, 1.82) is 0 Å². The molecule has 8 heteroatoms. The van der Waals surface area contributed by atoms with Crippen LogP contribution in [0.3, 0.4) is 0 Å². The molecule has 1 N–H and O–H groups in total. The summed E-state index contributed by atoms with van der Waals surface area (Å²) >= 11 is 0. The summed E-state index contributed by atoms with van der Waals surface area (Å²) < 4.78 is 32.4. The van der Waals surface area contributed by atoms with Gasteiger partial charge in [-0.15, -0.1) is 0 Å². The van der Waals surface area contributed by atoms with Crippen LogP contribution in [0.1, 0.15) is 12.8 Å². The summed E-state index contributed by atoms with van der Waals surface area (Å²) in [6.45, 7) is 1.81. The van der Waals surface area contributed by atoms with E-state index in [0.717, 1.165) is 5.69 Å². The van der Waals surface area contributed by atoms with E-state index in [1.807, 2.05) is 37.4 Å². The van der Waals surface area contributed by atoms with Crippen molar-refractivity contribution in [2.45, 2.75) is 17.7 Å². The lowest BCUT2D eigenvalue weighted by Crippen LogP contribution is -2.46. The number of sulfonamides is 1. The summed E-state index contributed by atoms with van der Waals surface area (Å²) in [7, 11) is -0.120. The fraction of sp³-hybridized carbons (Fsp3) is 0.409. The molecule has 1 aliphatic rings. The van der Waals surface area contributed by atoms with Crippen LogP contribution in [0.15, 0.2) is 59.5 Å². The van der Waals surface area contributed by atoms with Gasteiger partial charge in [0.15, 0.2) is 0 Å². The van der Waals surface area contributed by atoms with Gasteiger partial charge in [0, 0.05) is 38.9 Å². The van der Waals surface area contributed by atoms with Crippen LogP contribution in [-0.2, 0) is 14.8 Å². The molecule has 1 atom stereocenters. The van der Waals surface area contributed by atoms with Gasteiger partial charge >= 0.3 is 0 Å². The average Bonchev–Trinajstić information content (AvgIpc) is 2.79. The Morgan fingerprint density at radius 1 is 1.17 bits per heavy atom. The molecule has 2 aromatic carbocycles. The van der Waals surface area contributed by atoms with Gasteiger partial charge in [-0.3, -0.25) is 4.79 Å². The minimum atomic E-state index is -3.63. The minimum Gasteiger partial charge on any atom is -0.497 e. The summed E-state index contributed by atoms with van der Waals surface area (Å²) in [5.74, 6) is 0.171. The lowest BCUT2D eigenvalue weighted by molar-refractivity contribution is -0.126. The van der Waals surface area contributed by atoms with Crippen molar-refractivity contribution in [3.8, 4) is 5.75 Å². The van der Waals surface area contributed by atoms with E-state index in [9.17, 15) is 13.2 Å². The van der Waals surface area contributed by atoms with Crippen LogP contribution >= 0.6 is 0 Å². The zero-order valence-corrected chi connectivity index (χ0v) is 18.3. The Bertz CT molecular complexity index is 933. The van der Waals surface area contributed by atoms with Crippen molar-refractivity contribution in [1.82, 2.24) is 9.62 Å². The second-order valence-electron chi connectivity index (χ2n) is 7.43. The molecule has 1 heterocycles. The molecule has 1 amide bonds. The van der Waals surface area contributed by atoms with Crippen LogP contribution in [0.4, 0.5) is 5.69 Å². The smallest absolute Gasteiger partial charge is 0.243 e. The van der Waals surface area contributed by atoms with E-state index < -0.39 is 10.0 Å². The molecule has 0 unspecified atom stereocenters. The Labute approximate surface area is 178 Å². The van der Waals surface area contributed by atoms with Gasteiger partial charge in [-0.25, -0.2) is 8.42 Å². The number of amides is 1. The Morgan fingerprint density at radius 3 is 2.53 bits per heavy atom. The third-order valence-electron chi connectivity index (χ3n) is 5.40. The summed E-state index contributed by atoms with van der Waals surface area (Å²) in [6.07, 6.45) is 1.35. The molecule has 0 aromatic heterocycles. The largest absolute Gasteiger partial charge is 0.497 e. The van der Waals surface area contributed by atoms with Crippen LogP contribution in [0.5, 0.6) is 5.75 Å². The average molecular weight is 432 g/mol. The number of methoxy groups -OCH3 is 1. The molecule has 0 bridgehead atoms. The first-order valence-electron chi connectivity index (χ1n) is 10.1. The van der Waals surface area contributed by atoms with Crippen molar-refractivity contribution in [2.75, 3.05) is 45.2 Å². The fourth-order valence-corrected chi connectivity index (χ4v) is 5.10. The highest BCUT2D eigenvalue weighted by atomic mass is 32.2. The number of piperidine rings is 1. The van der Waals surface area contributed by atoms with E-state index >= 15 is 0 Å². The highest BCUT2D eigenvalue weighted by molar-refractivity contribution is 7.89. The van der Waals surface area contributed by atoms with Gasteiger partial charge < -0.3 is 15.0 Å². The maximum Gasteiger partial charge on any atom is 0.243 e. The van der Waals surface area contributed by atoms with Gasteiger partial charge in [-0.1, -0.05) is 18.2 Å². The van der Waals surface area contributed by atoms with E-state index in [4.69, 9.17) is 4.74 Å². The molecular weight excluding hydrogens is 402 g/mol. The number of para-hydroxylation sites is 1. The first-order valence-corrected chi connectivity index (χ1v) is 11.5. The van der Waals surface area contributed by atoms with Crippen molar-refractivity contribution in [2.24, 2.45) is 5.92 Å². The molecule has 0 radical (unpaired) electrons. The van der Waals surface area contributed by atoms with E-state index in [-0.39, 0.29) is 23.3 Å². The number of carbonyl (C=O) groups is 1. The number of ether oxygens (including phenoxy) is 1. The number of nitrogens with zero attached hydrogens (tertiary/aromatic N) is 2. The third-order valence-corrected chi connectivity index (χ3v) is 7.27. The predicted molar refractivity (Wildman–Crippen MR) is 117 cm³/mol. The second kappa shape index (κ2) is 9.95. The number of likely N-dealkylation sites (N-methyl/N-ethyl adjacent to an activating group) is 1. The van der Waals surface area contributed by atoms with E-state index in [1.54, 1.807) is 12.1 Å². The number of anilines is 1. The van der Waals surface area contributed by atoms with Crippen LogP contribution in [0, 0.1) is 5.92 Å². The molecule has 3 rings (SSSR count). The van der Waals surface area contributed by atoms with Gasteiger partial charge in [0.05, 0.1) is 17.9 Å². The van der Waals surface area contributed by atoms with Crippen LogP contribution in [0.2, 0.25) is 0 Å². The molecule has 1 saturated heterocycles. The number of carbonyl (C=O) groups excluding carboxylic acids is 1. The summed E-state index contributed by atoms with van der Waals surface area (Å²) in [6, 6.07) is 16.3. The van der Waals surface area contributed by atoms with Crippen molar-refractivity contribution >= 4 is 21.6 Å². The standard InChI is InChI=1S/C22H29N3O4S/c1-24(19-8-4-3-5-9-19)16-14-23-22(26)18-7-6-15-25(17-18)30(27,28)21-12-10-20(29-2)11-13-21/h3-5,8-13,18H,6-7,14-17H2,1-2H3,(H,23,26)/t18-/m1/s1. The maximum absolute atomic E-state index is 13.0. The highest BCUT2D eigenvalue weighted by Gasteiger charge is 2.33. The number of nitrogens with one attached hydrogen (secondary N) is 1. The molecule has 0 saturated carbocycles. The Morgan fingerprint density at radius 2 is 1.87 bits per heavy atom. The number of hydrogen-bond donors (Lipinski definition) is 1. The SMILES string of the molecule is COc1ccc(S(=O)(=O)N2CCC[C@@H](C(=O)NCCN(C)c3ccccc3)C2)cc1. The van der Waals surface area contributed by atoms with Gasteiger partial charge in [0.1, 0.15) is 5.75 Å². The van der Waals surface area contributed by atoms with Gasteiger partial charge in [0.25, 0.3) is 0 Å². The van der Waals surface area contributed by atoms with Gasteiger partial charge in [-0.2, -0.15) is 4.31 Å². The number of benzene rings is 2. The second-order valence-corrected chi connectivity index (χ2v) is 9.36. The molecule has 7 nitrogen and oxygen atoms in total. The molecule has 1 aliphatic heterocycles. The number of hydrogen-bond acceptors (Lipinski definition) is 5. The molecular formula is C22H29N3O4S. The van der Waals surface area contributed by atoms with E-state index in [1.165, 1.54) is 23.5 Å². The fourth-order valence-electron chi connectivity index (χ4n) is 3.57. The molecule has 1 fully saturated rings. The summed E-state index contributed by atoms with van der Waals surface area (Å²) in [5, 5.41) is 2.96. The van der Waals surface area contributed by atoms with Crippen LogP contribution < -0.4 is 15.0 Å². The van der Waals surface area contributed by atoms with E-state index in [2.05, 4.69) is 10.2 Å². The van der Waals surface area contributed by atoms with Gasteiger partial charge in [-0.05, 0) is 49.2 Å². The Balaban J connectivity index is 1.55. The first kappa shape index (κ1) is 22.1. The molecule has 0 aliphatic carbocycles. The maximum atomic E-state index is 13.0. The van der Waals surface area contributed by atoms with Gasteiger partial charge in [0.2, 0.25) is 15.9 Å². The zero-order valence-electron chi connectivity index (χ0n) is 17.5. The highest BCUT2D eigenvalue weighted by Crippen LogP contribution is 2.25. The Kier molecular flexibility index (Phi) is 7.33. The lowest BCUT2D eigenvalue weighted by atomic mass is 9.99. The quantitative estimate of drug-likeness (QED) is 0.694.